The maximum Gasteiger partial charge on any atom is 0.0662 e. The van der Waals surface area contributed by atoms with E-state index in [9.17, 15) is 0 Å². The van der Waals surface area contributed by atoms with Gasteiger partial charge in [0.25, 0.3) is 0 Å². The Hall–Kier alpha value is -1.86. The molecule has 0 N–H and O–H groups in total. The molecule has 20 heavy (non-hydrogen) atoms. The minimum Gasteiger partial charge on any atom is -0.0786 e. The van der Waals surface area contributed by atoms with Gasteiger partial charge in [-0.2, -0.15) is 0 Å². The van der Waals surface area contributed by atoms with Crippen LogP contribution < -0.4 is 0 Å². The van der Waals surface area contributed by atoms with Crippen LogP contribution in [0.5, 0.6) is 0 Å². The molecule has 1 heteroatoms. The van der Waals surface area contributed by atoms with Crippen molar-refractivity contribution in [1.82, 2.24) is 0 Å². The van der Waals surface area contributed by atoms with Crippen molar-refractivity contribution in [3.05, 3.63) is 83.9 Å². The van der Waals surface area contributed by atoms with E-state index >= 15 is 0 Å². The van der Waals surface area contributed by atoms with Gasteiger partial charge in [0.1, 0.15) is 0 Å². The summed E-state index contributed by atoms with van der Waals surface area (Å²) in [7, 11) is 0. The highest BCUT2D eigenvalue weighted by molar-refractivity contribution is 9.09. The van der Waals surface area contributed by atoms with E-state index < -0.39 is 0 Å². The number of alkyl halides is 1. The summed E-state index contributed by atoms with van der Waals surface area (Å²) < 4.78 is 0. The summed E-state index contributed by atoms with van der Waals surface area (Å²) >= 11 is 3.88. The molecule has 0 heterocycles. The number of benzene rings is 3. The predicted octanol–water partition coefficient (Wildman–Crippen LogP) is 5.82. The third-order valence-corrected chi connectivity index (χ3v) is 4.92. The predicted molar refractivity (Wildman–Crippen MR) is 88.1 cm³/mol. The maximum absolute atomic E-state index is 3.88. The fraction of sp³-hybridized carbons (Fsp3) is 0.0526. The number of hydrogen-bond acceptors (Lipinski definition) is 0. The topological polar surface area (TPSA) is 0 Å². The van der Waals surface area contributed by atoms with Gasteiger partial charge in [0, 0.05) is 0 Å². The van der Waals surface area contributed by atoms with Crippen LogP contribution in [0, 0.1) is 0 Å². The van der Waals surface area contributed by atoms with Crippen molar-refractivity contribution in [2.45, 2.75) is 4.83 Å². The number of halogens is 1. The van der Waals surface area contributed by atoms with Crippen molar-refractivity contribution in [1.29, 1.82) is 0 Å². The molecule has 0 saturated heterocycles. The molecule has 0 fully saturated rings. The van der Waals surface area contributed by atoms with E-state index in [1.54, 1.807) is 0 Å². The second-order valence-electron chi connectivity index (χ2n) is 5.08. The highest BCUT2D eigenvalue weighted by Crippen LogP contribution is 2.51. The first kappa shape index (κ1) is 11.9. The summed E-state index contributed by atoms with van der Waals surface area (Å²) in [6.45, 7) is 0. The highest BCUT2D eigenvalue weighted by atomic mass is 79.9. The normalized spacial score (nSPS) is 15.8. The Morgan fingerprint density at radius 3 is 2.10 bits per heavy atom. The molecule has 1 aliphatic rings. The quantitative estimate of drug-likeness (QED) is 0.496. The molecular weight excluding hydrogens is 308 g/mol. The van der Waals surface area contributed by atoms with Crippen LogP contribution in [0.25, 0.3) is 22.3 Å². The Bertz CT molecular complexity index is 775. The second-order valence-corrected chi connectivity index (χ2v) is 6.00. The molecule has 1 atom stereocenters. The lowest BCUT2D eigenvalue weighted by Crippen LogP contribution is -1.90. The molecule has 0 nitrogen and oxygen atoms in total. The van der Waals surface area contributed by atoms with E-state index in [2.05, 4.69) is 88.7 Å². The van der Waals surface area contributed by atoms with E-state index in [-0.39, 0.29) is 4.83 Å². The summed E-state index contributed by atoms with van der Waals surface area (Å²) in [6.07, 6.45) is 0. The third kappa shape index (κ3) is 1.66. The van der Waals surface area contributed by atoms with Crippen LogP contribution in [0.1, 0.15) is 16.0 Å². The van der Waals surface area contributed by atoms with E-state index in [0.717, 1.165) is 0 Å². The molecule has 1 aliphatic carbocycles. The van der Waals surface area contributed by atoms with Gasteiger partial charge in [0.05, 0.1) is 4.83 Å². The van der Waals surface area contributed by atoms with Gasteiger partial charge in [-0.25, -0.2) is 0 Å². The highest BCUT2D eigenvalue weighted by Gasteiger charge is 2.28. The first-order chi connectivity index (χ1) is 9.86. The summed E-state index contributed by atoms with van der Waals surface area (Å²) in [4.78, 5) is 0.283. The minimum atomic E-state index is 0.283. The third-order valence-electron chi connectivity index (χ3n) is 3.97. The average Bonchev–Trinajstić information content (AvgIpc) is 2.82. The zero-order valence-electron chi connectivity index (χ0n) is 10.9. The van der Waals surface area contributed by atoms with Crippen molar-refractivity contribution in [2.75, 3.05) is 0 Å². The summed E-state index contributed by atoms with van der Waals surface area (Å²) in [5.41, 5.74) is 8.06. The molecule has 0 bridgehead atoms. The number of hydrogen-bond donors (Lipinski definition) is 0. The van der Waals surface area contributed by atoms with Crippen LogP contribution in [0.4, 0.5) is 0 Å². The van der Waals surface area contributed by atoms with Gasteiger partial charge in [0.15, 0.2) is 0 Å². The Morgan fingerprint density at radius 2 is 1.25 bits per heavy atom. The van der Waals surface area contributed by atoms with E-state index in [1.807, 2.05) is 0 Å². The smallest absolute Gasteiger partial charge is 0.0662 e. The number of fused-ring (bicyclic) bond motifs is 3. The van der Waals surface area contributed by atoms with E-state index in [0.29, 0.717) is 0 Å². The largest absolute Gasteiger partial charge is 0.0786 e. The molecule has 0 aliphatic heterocycles. The van der Waals surface area contributed by atoms with Crippen LogP contribution in [-0.2, 0) is 0 Å². The molecule has 0 spiro atoms. The van der Waals surface area contributed by atoms with Gasteiger partial charge >= 0.3 is 0 Å². The lowest BCUT2D eigenvalue weighted by atomic mass is 9.96. The lowest BCUT2D eigenvalue weighted by Gasteiger charge is -2.12. The molecule has 0 saturated carbocycles. The van der Waals surface area contributed by atoms with Crippen molar-refractivity contribution in [2.24, 2.45) is 0 Å². The molecule has 3 aromatic carbocycles. The Kier molecular flexibility index (Phi) is 2.75. The van der Waals surface area contributed by atoms with Crippen LogP contribution in [0.15, 0.2) is 72.8 Å². The van der Waals surface area contributed by atoms with Gasteiger partial charge in [0.2, 0.25) is 0 Å². The lowest BCUT2D eigenvalue weighted by molar-refractivity contribution is 1.25. The molecule has 1 unspecified atom stereocenters. The fourth-order valence-electron chi connectivity index (χ4n) is 3.06. The van der Waals surface area contributed by atoms with Crippen LogP contribution in [0.3, 0.4) is 0 Å². The van der Waals surface area contributed by atoms with E-state index in [4.69, 9.17) is 0 Å². The monoisotopic (exact) mass is 320 g/mol. The first-order valence-corrected chi connectivity index (χ1v) is 7.69. The molecule has 0 radical (unpaired) electrons. The molecule has 4 rings (SSSR count). The van der Waals surface area contributed by atoms with Crippen molar-refractivity contribution in [3.8, 4) is 22.3 Å². The molecular formula is C19H13Br. The Balaban J connectivity index is 2.00. The van der Waals surface area contributed by atoms with Gasteiger partial charge < -0.3 is 0 Å². The van der Waals surface area contributed by atoms with Crippen molar-refractivity contribution < 1.29 is 0 Å². The van der Waals surface area contributed by atoms with Crippen LogP contribution >= 0.6 is 15.9 Å². The van der Waals surface area contributed by atoms with Crippen molar-refractivity contribution >= 4 is 15.9 Å². The Morgan fingerprint density at radius 1 is 0.600 bits per heavy atom. The maximum atomic E-state index is 3.88. The summed E-state index contributed by atoms with van der Waals surface area (Å²) in [5, 5.41) is 0. The molecule has 3 aromatic rings. The number of rotatable bonds is 1. The molecule has 0 aromatic heterocycles. The Labute approximate surface area is 127 Å². The average molecular weight is 321 g/mol. The summed E-state index contributed by atoms with van der Waals surface area (Å²) in [6, 6.07) is 25.9. The molecule has 0 amide bonds. The van der Waals surface area contributed by atoms with Crippen LogP contribution in [0.2, 0.25) is 0 Å². The fourth-order valence-corrected chi connectivity index (χ4v) is 3.95. The van der Waals surface area contributed by atoms with Crippen molar-refractivity contribution in [3.63, 3.8) is 0 Å². The van der Waals surface area contributed by atoms with Crippen LogP contribution in [-0.4, -0.2) is 0 Å². The minimum absolute atomic E-state index is 0.283. The standard InChI is InChI=1S/C19H13Br/c20-19-17-10-5-4-9-15(17)16-12-6-11-14(18(16)19)13-7-2-1-3-8-13/h1-12,19H. The summed E-state index contributed by atoms with van der Waals surface area (Å²) in [5.74, 6) is 0. The van der Waals surface area contributed by atoms with Gasteiger partial charge in [-0.15, -0.1) is 0 Å². The van der Waals surface area contributed by atoms with Gasteiger partial charge in [-0.05, 0) is 33.4 Å². The van der Waals surface area contributed by atoms with Gasteiger partial charge in [-0.3, -0.25) is 0 Å². The zero-order valence-corrected chi connectivity index (χ0v) is 12.5. The molecule has 96 valence electrons. The second kappa shape index (κ2) is 4.60. The van der Waals surface area contributed by atoms with Gasteiger partial charge in [-0.1, -0.05) is 88.7 Å². The van der Waals surface area contributed by atoms with E-state index in [1.165, 1.54) is 33.4 Å². The first-order valence-electron chi connectivity index (χ1n) is 6.78. The SMILES string of the molecule is BrC1c2ccccc2-c2cccc(-c3ccccc3)c21. The zero-order chi connectivity index (χ0) is 13.5.